The number of carbonyl (C=O) groups excluding carboxylic acids is 3. The van der Waals surface area contributed by atoms with Crippen molar-refractivity contribution in [2.45, 2.75) is 32.4 Å². The summed E-state index contributed by atoms with van der Waals surface area (Å²) in [4.78, 5) is 38.4. The van der Waals surface area contributed by atoms with E-state index >= 15 is 0 Å². The molecule has 0 saturated heterocycles. The number of hydrogen-bond acceptors (Lipinski definition) is 6. The zero-order chi connectivity index (χ0) is 23.8. The highest BCUT2D eigenvalue weighted by Gasteiger charge is 2.35. The van der Waals surface area contributed by atoms with Crippen LogP contribution in [-0.4, -0.2) is 36.7 Å². The van der Waals surface area contributed by atoms with E-state index in [0.29, 0.717) is 23.4 Å². The summed E-state index contributed by atoms with van der Waals surface area (Å²) in [5.74, 6) is -1.97. The number of hydrogen-bond donors (Lipinski definition) is 0. The largest absolute Gasteiger partial charge is 0.466 e. The molecule has 3 rings (SSSR count). The third kappa shape index (κ3) is 5.31. The molecule has 0 N–H and O–H groups in total. The minimum atomic E-state index is -1.38. The average molecular weight is 450 g/mol. The smallest absolute Gasteiger partial charge is 0.354 e. The second-order valence-electron chi connectivity index (χ2n) is 7.37. The van der Waals surface area contributed by atoms with Gasteiger partial charge >= 0.3 is 17.9 Å². The maximum atomic E-state index is 12.9. The SMILES string of the molecule is CCCCn1c(C(=O)OC)cc(-c2ccccc2)c1C(OC(=O)c1ccccc1)C(=O)OC. The minimum absolute atomic E-state index is 0.268. The Hall–Kier alpha value is -3.87. The molecule has 0 fully saturated rings. The molecule has 7 heteroatoms. The van der Waals surface area contributed by atoms with Gasteiger partial charge in [-0.2, -0.15) is 0 Å². The fourth-order valence-electron chi connectivity index (χ4n) is 3.60. The third-order valence-electron chi connectivity index (χ3n) is 5.25. The van der Waals surface area contributed by atoms with Crippen molar-refractivity contribution < 1.29 is 28.6 Å². The number of esters is 3. The fourth-order valence-corrected chi connectivity index (χ4v) is 3.60. The van der Waals surface area contributed by atoms with Gasteiger partial charge in [0.1, 0.15) is 5.69 Å². The van der Waals surface area contributed by atoms with Gasteiger partial charge in [0.05, 0.1) is 25.5 Å². The van der Waals surface area contributed by atoms with Crippen LogP contribution < -0.4 is 0 Å². The van der Waals surface area contributed by atoms with Gasteiger partial charge in [-0.1, -0.05) is 61.9 Å². The van der Waals surface area contributed by atoms with Crippen molar-refractivity contribution >= 4 is 17.9 Å². The van der Waals surface area contributed by atoms with Crippen LogP contribution in [0.25, 0.3) is 11.1 Å². The van der Waals surface area contributed by atoms with Crippen LogP contribution in [0.4, 0.5) is 0 Å². The third-order valence-corrected chi connectivity index (χ3v) is 5.25. The van der Waals surface area contributed by atoms with Crippen molar-refractivity contribution in [3.05, 3.63) is 83.7 Å². The first-order valence-corrected chi connectivity index (χ1v) is 10.7. The molecule has 0 radical (unpaired) electrons. The van der Waals surface area contributed by atoms with E-state index in [1.165, 1.54) is 14.2 Å². The first-order valence-electron chi connectivity index (χ1n) is 10.7. The number of rotatable bonds is 9. The molecule has 0 aliphatic carbocycles. The standard InChI is InChI=1S/C26H27NO6/c1-4-5-16-27-21(25(29)31-2)17-20(18-12-8-6-9-13-18)22(27)23(26(30)32-3)33-24(28)19-14-10-7-11-15-19/h6-15,17,23H,4-5,16H2,1-3H3. The monoisotopic (exact) mass is 449 g/mol. The van der Waals surface area contributed by atoms with Gasteiger partial charge in [0.15, 0.2) is 0 Å². The molecule has 172 valence electrons. The lowest BCUT2D eigenvalue weighted by atomic mass is 10.0. The molecule has 1 heterocycles. The lowest BCUT2D eigenvalue weighted by Crippen LogP contribution is -2.25. The lowest BCUT2D eigenvalue weighted by molar-refractivity contribution is -0.151. The Morgan fingerprint density at radius 2 is 1.52 bits per heavy atom. The van der Waals surface area contributed by atoms with Gasteiger partial charge in [-0.15, -0.1) is 0 Å². The Morgan fingerprint density at radius 3 is 2.09 bits per heavy atom. The summed E-state index contributed by atoms with van der Waals surface area (Å²) in [7, 11) is 2.53. The van der Waals surface area contributed by atoms with Crippen molar-refractivity contribution in [1.29, 1.82) is 0 Å². The number of aromatic nitrogens is 1. The molecule has 1 aromatic heterocycles. The highest BCUT2D eigenvalue weighted by atomic mass is 16.6. The Bertz CT molecular complexity index is 1100. The van der Waals surface area contributed by atoms with Crippen LogP contribution in [0.1, 0.15) is 52.4 Å². The van der Waals surface area contributed by atoms with Gasteiger partial charge in [-0.05, 0) is 30.2 Å². The van der Waals surface area contributed by atoms with Crippen molar-refractivity contribution in [2.75, 3.05) is 14.2 Å². The van der Waals surface area contributed by atoms with Crippen molar-refractivity contribution in [1.82, 2.24) is 4.57 Å². The number of nitrogens with zero attached hydrogens (tertiary/aromatic N) is 1. The summed E-state index contributed by atoms with van der Waals surface area (Å²) in [5.41, 5.74) is 2.28. The van der Waals surface area contributed by atoms with E-state index in [-0.39, 0.29) is 5.69 Å². The number of methoxy groups -OCH3 is 2. The van der Waals surface area contributed by atoms with Gasteiger partial charge in [-0.25, -0.2) is 14.4 Å². The molecule has 0 aliphatic rings. The second-order valence-corrected chi connectivity index (χ2v) is 7.37. The van der Waals surface area contributed by atoms with Crippen LogP contribution in [0.3, 0.4) is 0 Å². The quantitative estimate of drug-likeness (QED) is 0.344. The maximum absolute atomic E-state index is 12.9. The predicted octanol–water partition coefficient (Wildman–Crippen LogP) is 4.81. The molecule has 0 bridgehead atoms. The molecule has 33 heavy (non-hydrogen) atoms. The summed E-state index contributed by atoms with van der Waals surface area (Å²) in [6.45, 7) is 2.45. The molecule has 7 nitrogen and oxygen atoms in total. The van der Waals surface area contributed by atoms with Crippen LogP contribution in [0.5, 0.6) is 0 Å². The highest BCUT2D eigenvalue weighted by molar-refractivity contribution is 5.94. The van der Waals surface area contributed by atoms with Gasteiger partial charge in [-0.3, -0.25) is 0 Å². The summed E-state index contributed by atoms with van der Waals surface area (Å²) in [5, 5.41) is 0. The van der Waals surface area contributed by atoms with Crippen molar-refractivity contribution in [3.63, 3.8) is 0 Å². The molecular formula is C26H27NO6. The number of benzene rings is 2. The molecule has 0 saturated carbocycles. The summed E-state index contributed by atoms with van der Waals surface area (Å²) >= 11 is 0. The van der Waals surface area contributed by atoms with E-state index in [1.54, 1.807) is 41.0 Å². The first-order chi connectivity index (χ1) is 16.0. The van der Waals surface area contributed by atoms with Gasteiger partial charge in [0.25, 0.3) is 0 Å². The van der Waals surface area contributed by atoms with E-state index in [4.69, 9.17) is 14.2 Å². The highest BCUT2D eigenvalue weighted by Crippen LogP contribution is 2.35. The molecule has 0 aliphatic heterocycles. The molecule has 1 atom stereocenters. The molecule has 2 aromatic carbocycles. The zero-order valence-electron chi connectivity index (χ0n) is 18.9. The average Bonchev–Trinajstić information content (AvgIpc) is 3.24. The predicted molar refractivity (Wildman–Crippen MR) is 123 cm³/mol. The summed E-state index contributed by atoms with van der Waals surface area (Å²) in [6, 6.07) is 19.3. The van der Waals surface area contributed by atoms with E-state index in [2.05, 4.69) is 0 Å². The van der Waals surface area contributed by atoms with E-state index < -0.39 is 24.0 Å². The number of carbonyl (C=O) groups is 3. The molecular weight excluding hydrogens is 422 g/mol. The van der Waals surface area contributed by atoms with Crippen LogP contribution in [0.2, 0.25) is 0 Å². The Labute approximate surface area is 192 Å². The van der Waals surface area contributed by atoms with Gasteiger partial charge < -0.3 is 18.8 Å². The van der Waals surface area contributed by atoms with Crippen molar-refractivity contribution in [3.8, 4) is 11.1 Å². The van der Waals surface area contributed by atoms with Crippen LogP contribution in [-0.2, 0) is 25.5 Å². The molecule has 1 unspecified atom stereocenters. The van der Waals surface area contributed by atoms with Gasteiger partial charge in [0, 0.05) is 12.1 Å². The molecule has 0 spiro atoms. The van der Waals surface area contributed by atoms with E-state index in [1.807, 2.05) is 37.3 Å². The normalized spacial score (nSPS) is 11.5. The van der Waals surface area contributed by atoms with Crippen LogP contribution in [0.15, 0.2) is 66.7 Å². The van der Waals surface area contributed by atoms with E-state index in [9.17, 15) is 14.4 Å². The van der Waals surface area contributed by atoms with Gasteiger partial charge in [0.2, 0.25) is 6.10 Å². The van der Waals surface area contributed by atoms with Crippen molar-refractivity contribution in [2.24, 2.45) is 0 Å². The Balaban J connectivity index is 2.21. The molecule has 0 amide bonds. The zero-order valence-corrected chi connectivity index (χ0v) is 18.9. The Kier molecular flexibility index (Phi) is 8.02. The van der Waals surface area contributed by atoms with Crippen LogP contribution >= 0.6 is 0 Å². The maximum Gasteiger partial charge on any atom is 0.354 e. The first kappa shape index (κ1) is 23.8. The lowest BCUT2D eigenvalue weighted by Gasteiger charge is -2.21. The summed E-state index contributed by atoms with van der Waals surface area (Å²) < 4.78 is 17.4. The molecule has 3 aromatic rings. The van der Waals surface area contributed by atoms with Crippen LogP contribution in [0, 0.1) is 0 Å². The minimum Gasteiger partial charge on any atom is -0.466 e. The van der Waals surface area contributed by atoms with E-state index in [0.717, 1.165) is 18.4 Å². The number of ether oxygens (including phenoxy) is 3. The topological polar surface area (TPSA) is 83.8 Å². The Morgan fingerprint density at radius 1 is 0.879 bits per heavy atom. The summed E-state index contributed by atoms with van der Waals surface area (Å²) in [6.07, 6.45) is 0.208. The number of unbranched alkanes of at least 4 members (excludes halogenated alkanes) is 1. The second kappa shape index (κ2) is 11.1. The fraction of sp³-hybridized carbons (Fsp3) is 0.269.